The summed E-state index contributed by atoms with van der Waals surface area (Å²) in [5.41, 5.74) is 1.15. The van der Waals surface area contributed by atoms with Gasteiger partial charge in [-0.2, -0.15) is 0 Å². The molecule has 102 valence electrons. The molecule has 0 saturated carbocycles. The molecule has 0 aromatic heterocycles. The van der Waals surface area contributed by atoms with E-state index in [4.69, 9.17) is 11.6 Å². The van der Waals surface area contributed by atoms with Crippen LogP contribution >= 0.6 is 27.5 Å². The van der Waals surface area contributed by atoms with Gasteiger partial charge in [0.05, 0.1) is 0 Å². The molecule has 1 aromatic rings. The van der Waals surface area contributed by atoms with Gasteiger partial charge in [0.2, 0.25) is 0 Å². The Hall–Kier alpha value is -0.0900. The van der Waals surface area contributed by atoms with E-state index in [9.17, 15) is 0 Å². The van der Waals surface area contributed by atoms with Crippen LogP contribution in [0, 0.1) is 0 Å². The van der Waals surface area contributed by atoms with Crippen molar-refractivity contribution in [3.8, 4) is 0 Å². The van der Waals surface area contributed by atoms with E-state index in [2.05, 4.69) is 46.1 Å². The molecule has 0 atom stereocenters. The molecular formula is C14H22BrClN2. The first-order chi connectivity index (χ1) is 8.67. The predicted molar refractivity (Wildman–Crippen MR) is 83.3 cm³/mol. The zero-order valence-electron chi connectivity index (χ0n) is 11.2. The van der Waals surface area contributed by atoms with Gasteiger partial charge in [0.25, 0.3) is 0 Å². The summed E-state index contributed by atoms with van der Waals surface area (Å²) in [7, 11) is 0. The van der Waals surface area contributed by atoms with Gasteiger partial charge in [-0.1, -0.05) is 47.4 Å². The molecule has 2 nitrogen and oxygen atoms in total. The molecule has 1 rings (SSSR count). The number of rotatable bonds is 8. The van der Waals surface area contributed by atoms with Gasteiger partial charge in [-0.05, 0) is 37.2 Å². The Balaban J connectivity index is 2.29. The lowest BCUT2D eigenvalue weighted by Crippen LogP contribution is -2.32. The van der Waals surface area contributed by atoms with Crippen LogP contribution in [0.1, 0.15) is 25.8 Å². The van der Waals surface area contributed by atoms with Crippen LogP contribution in [0.15, 0.2) is 22.7 Å². The minimum Gasteiger partial charge on any atom is -0.311 e. The van der Waals surface area contributed by atoms with Crippen molar-refractivity contribution in [2.75, 3.05) is 26.2 Å². The second-order valence-corrected chi connectivity index (χ2v) is 5.67. The molecule has 18 heavy (non-hydrogen) atoms. The third kappa shape index (κ3) is 5.70. The lowest BCUT2D eigenvalue weighted by atomic mass is 10.2. The Morgan fingerprint density at radius 2 is 2.06 bits per heavy atom. The van der Waals surface area contributed by atoms with Gasteiger partial charge in [0.1, 0.15) is 0 Å². The highest BCUT2D eigenvalue weighted by molar-refractivity contribution is 9.10. The largest absolute Gasteiger partial charge is 0.311 e. The van der Waals surface area contributed by atoms with Crippen LogP contribution < -0.4 is 5.32 Å². The third-order valence-electron chi connectivity index (χ3n) is 2.92. The maximum Gasteiger partial charge on any atom is 0.0462 e. The summed E-state index contributed by atoms with van der Waals surface area (Å²) in [6.07, 6.45) is 1.21. The first kappa shape index (κ1) is 16.0. The molecule has 0 aliphatic heterocycles. The number of hydrogen-bond donors (Lipinski definition) is 1. The van der Waals surface area contributed by atoms with Crippen LogP contribution in [0.3, 0.4) is 0 Å². The van der Waals surface area contributed by atoms with E-state index in [1.807, 2.05) is 12.1 Å². The van der Waals surface area contributed by atoms with Crippen molar-refractivity contribution in [1.29, 1.82) is 0 Å². The summed E-state index contributed by atoms with van der Waals surface area (Å²) in [5, 5.41) is 4.26. The maximum absolute atomic E-state index is 6.17. The van der Waals surface area contributed by atoms with Crippen LogP contribution in [-0.4, -0.2) is 31.1 Å². The summed E-state index contributed by atoms with van der Waals surface area (Å²) in [6, 6.07) is 6.02. The molecule has 0 aliphatic rings. The first-order valence-electron chi connectivity index (χ1n) is 6.54. The van der Waals surface area contributed by atoms with E-state index >= 15 is 0 Å². The van der Waals surface area contributed by atoms with Crippen molar-refractivity contribution in [2.24, 2.45) is 0 Å². The van der Waals surface area contributed by atoms with E-state index in [1.54, 1.807) is 0 Å². The number of nitrogens with one attached hydrogen (secondary N) is 1. The van der Waals surface area contributed by atoms with Crippen molar-refractivity contribution in [3.05, 3.63) is 33.3 Å². The molecule has 0 fully saturated rings. The molecule has 1 aromatic carbocycles. The van der Waals surface area contributed by atoms with Gasteiger partial charge < -0.3 is 10.2 Å². The molecule has 0 heterocycles. The first-order valence-corrected chi connectivity index (χ1v) is 7.71. The molecule has 0 bridgehead atoms. The van der Waals surface area contributed by atoms with Crippen LogP contribution in [0.2, 0.25) is 5.02 Å². The van der Waals surface area contributed by atoms with Crippen molar-refractivity contribution in [1.82, 2.24) is 10.2 Å². The Bertz CT molecular complexity index is 358. The van der Waals surface area contributed by atoms with E-state index in [0.29, 0.717) is 0 Å². The number of hydrogen-bond acceptors (Lipinski definition) is 2. The summed E-state index contributed by atoms with van der Waals surface area (Å²) in [6.45, 7) is 9.65. The lowest BCUT2D eigenvalue weighted by molar-refractivity contribution is 0.287. The maximum atomic E-state index is 6.17. The number of benzene rings is 1. The van der Waals surface area contributed by atoms with Gasteiger partial charge in [-0.25, -0.2) is 0 Å². The molecule has 0 unspecified atom stereocenters. The van der Waals surface area contributed by atoms with Crippen molar-refractivity contribution < 1.29 is 0 Å². The fraction of sp³-hybridized carbons (Fsp3) is 0.571. The minimum atomic E-state index is 0.817. The Labute approximate surface area is 124 Å². The van der Waals surface area contributed by atoms with Crippen LogP contribution in [0.25, 0.3) is 0 Å². The number of halogens is 2. The van der Waals surface area contributed by atoms with Gasteiger partial charge in [0, 0.05) is 29.1 Å². The van der Waals surface area contributed by atoms with E-state index in [-0.39, 0.29) is 0 Å². The van der Waals surface area contributed by atoms with Crippen LogP contribution in [-0.2, 0) is 6.54 Å². The quantitative estimate of drug-likeness (QED) is 0.725. The predicted octanol–water partition coefficient (Wildman–Crippen LogP) is 3.92. The zero-order valence-corrected chi connectivity index (χ0v) is 13.5. The highest BCUT2D eigenvalue weighted by Gasteiger charge is 2.02. The van der Waals surface area contributed by atoms with Crippen molar-refractivity contribution in [3.63, 3.8) is 0 Å². The Morgan fingerprint density at radius 1 is 1.28 bits per heavy atom. The number of nitrogens with zero attached hydrogens (tertiary/aromatic N) is 1. The molecule has 0 radical (unpaired) electrons. The molecule has 4 heteroatoms. The Morgan fingerprint density at radius 3 is 2.67 bits per heavy atom. The normalized spacial score (nSPS) is 11.2. The van der Waals surface area contributed by atoms with Crippen LogP contribution in [0.5, 0.6) is 0 Å². The highest BCUT2D eigenvalue weighted by Crippen LogP contribution is 2.20. The standard InChI is InChI=1S/C14H22BrClN2/c1-3-8-18(4-2)9-7-17-11-12-5-6-13(15)10-14(12)16/h5-6,10,17H,3-4,7-9,11H2,1-2H3. The fourth-order valence-electron chi connectivity index (χ4n) is 1.87. The van der Waals surface area contributed by atoms with Crippen molar-refractivity contribution in [2.45, 2.75) is 26.8 Å². The van der Waals surface area contributed by atoms with E-state index in [0.717, 1.165) is 41.2 Å². The topological polar surface area (TPSA) is 15.3 Å². The summed E-state index contributed by atoms with van der Waals surface area (Å²) < 4.78 is 1.02. The van der Waals surface area contributed by atoms with Gasteiger partial charge >= 0.3 is 0 Å². The molecule has 0 amide bonds. The molecule has 0 saturated heterocycles. The molecule has 0 aliphatic carbocycles. The fourth-order valence-corrected chi connectivity index (χ4v) is 2.61. The average molecular weight is 334 g/mol. The van der Waals surface area contributed by atoms with E-state index < -0.39 is 0 Å². The minimum absolute atomic E-state index is 0.817. The highest BCUT2D eigenvalue weighted by atomic mass is 79.9. The smallest absolute Gasteiger partial charge is 0.0462 e. The number of likely N-dealkylation sites (N-methyl/N-ethyl adjacent to an activating group) is 1. The second kappa shape index (κ2) is 8.92. The van der Waals surface area contributed by atoms with Gasteiger partial charge in [0.15, 0.2) is 0 Å². The van der Waals surface area contributed by atoms with Crippen LogP contribution in [0.4, 0.5) is 0 Å². The van der Waals surface area contributed by atoms with Crippen molar-refractivity contribution >= 4 is 27.5 Å². The Kier molecular flexibility index (Phi) is 7.91. The SMILES string of the molecule is CCCN(CC)CCNCc1ccc(Br)cc1Cl. The molecule has 1 N–H and O–H groups in total. The monoisotopic (exact) mass is 332 g/mol. The van der Waals surface area contributed by atoms with Gasteiger partial charge in [-0.3, -0.25) is 0 Å². The summed E-state index contributed by atoms with van der Waals surface area (Å²) in [5.74, 6) is 0. The third-order valence-corrected chi connectivity index (χ3v) is 3.77. The summed E-state index contributed by atoms with van der Waals surface area (Å²) in [4.78, 5) is 2.45. The molecular weight excluding hydrogens is 312 g/mol. The lowest BCUT2D eigenvalue weighted by Gasteiger charge is -2.19. The zero-order chi connectivity index (χ0) is 13.4. The van der Waals surface area contributed by atoms with Gasteiger partial charge in [-0.15, -0.1) is 0 Å². The average Bonchev–Trinajstić information content (AvgIpc) is 2.35. The second-order valence-electron chi connectivity index (χ2n) is 4.35. The summed E-state index contributed by atoms with van der Waals surface area (Å²) >= 11 is 9.58. The molecule has 0 spiro atoms. The van der Waals surface area contributed by atoms with E-state index in [1.165, 1.54) is 13.0 Å².